The van der Waals surface area contributed by atoms with Crippen LogP contribution in [0.25, 0.3) is 0 Å². The Morgan fingerprint density at radius 1 is 1.43 bits per heavy atom. The van der Waals surface area contributed by atoms with Crippen molar-refractivity contribution < 1.29 is 26.8 Å². The van der Waals surface area contributed by atoms with Gasteiger partial charge < -0.3 is 10.9 Å². The van der Waals surface area contributed by atoms with Crippen LogP contribution in [0.5, 0.6) is 0 Å². The van der Waals surface area contributed by atoms with E-state index in [2.05, 4.69) is 5.16 Å². The van der Waals surface area contributed by atoms with Crippen molar-refractivity contribution in [2.75, 3.05) is 0 Å². The van der Waals surface area contributed by atoms with Crippen molar-refractivity contribution >= 4 is 15.9 Å². The first-order chi connectivity index (χ1) is 9.50. The fourth-order valence-corrected chi connectivity index (χ4v) is 3.14. The summed E-state index contributed by atoms with van der Waals surface area (Å²) in [5.41, 5.74) is 3.77. The van der Waals surface area contributed by atoms with Crippen LogP contribution in [-0.2, 0) is 16.2 Å². The van der Waals surface area contributed by atoms with Crippen molar-refractivity contribution in [3.8, 4) is 0 Å². The van der Waals surface area contributed by atoms with Gasteiger partial charge in [-0.25, -0.2) is 13.1 Å². The zero-order valence-corrected chi connectivity index (χ0v) is 12.0. The van der Waals surface area contributed by atoms with Crippen molar-refractivity contribution in [1.82, 2.24) is 4.72 Å². The average Bonchev–Trinajstić information content (AvgIpc) is 2.35. The first-order valence-corrected chi connectivity index (χ1v) is 7.15. The van der Waals surface area contributed by atoms with E-state index in [4.69, 9.17) is 10.9 Å². The Kier molecular flexibility index (Phi) is 4.84. The fraction of sp³-hybridized carbons (Fsp3) is 0.364. The lowest BCUT2D eigenvalue weighted by Gasteiger charge is -2.17. The molecule has 10 heteroatoms. The molecule has 0 aliphatic rings. The Morgan fingerprint density at radius 3 is 2.48 bits per heavy atom. The quantitative estimate of drug-likeness (QED) is 0.337. The number of amidine groups is 1. The van der Waals surface area contributed by atoms with Crippen molar-refractivity contribution in [1.29, 1.82) is 0 Å². The van der Waals surface area contributed by atoms with Crippen molar-refractivity contribution in [3.05, 3.63) is 29.3 Å². The molecule has 0 bridgehead atoms. The maximum absolute atomic E-state index is 12.8. The van der Waals surface area contributed by atoms with E-state index in [1.54, 1.807) is 0 Å². The van der Waals surface area contributed by atoms with Gasteiger partial charge >= 0.3 is 6.18 Å². The van der Waals surface area contributed by atoms with E-state index in [1.807, 2.05) is 4.72 Å². The number of benzene rings is 1. The standard InChI is InChI=1S/C11H14F3N3O3S/c1-6-8(11(12,13)14)4-3-5-9(6)21(19,20)17-7(2)10(15)16-18/h3-5,7,17-18H,1-2H3,(H2,15,16). The van der Waals surface area contributed by atoms with E-state index in [-0.39, 0.29) is 0 Å². The lowest BCUT2D eigenvalue weighted by Crippen LogP contribution is -2.42. The lowest BCUT2D eigenvalue weighted by atomic mass is 10.1. The Labute approximate surface area is 119 Å². The van der Waals surface area contributed by atoms with Crippen LogP contribution >= 0.6 is 0 Å². The summed E-state index contributed by atoms with van der Waals surface area (Å²) in [7, 11) is -4.25. The zero-order chi connectivity index (χ0) is 16.4. The van der Waals surface area contributed by atoms with Crippen LogP contribution in [0.2, 0.25) is 0 Å². The maximum Gasteiger partial charge on any atom is 0.416 e. The van der Waals surface area contributed by atoms with Crippen LogP contribution in [0, 0.1) is 6.92 Å². The van der Waals surface area contributed by atoms with Gasteiger partial charge in [0, 0.05) is 0 Å². The number of sulfonamides is 1. The number of halogens is 3. The molecule has 118 valence electrons. The fourth-order valence-electron chi connectivity index (χ4n) is 1.66. The van der Waals surface area contributed by atoms with E-state index in [9.17, 15) is 21.6 Å². The molecular formula is C11H14F3N3O3S. The molecule has 1 rings (SSSR count). The van der Waals surface area contributed by atoms with E-state index in [1.165, 1.54) is 6.92 Å². The summed E-state index contributed by atoms with van der Waals surface area (Å²) in [6.07, 6.45) is -4.66. The molecule has 0 heterocycles. The smallest absolute Gasteiger partial charge is 0.409 e. The highest BCUT2D eigenvalue weighted by atomic mass is 32.2. The van der Waals surface area contributed by atoms with Gasteiger partial charge in [-0.15, -0.1) is 0 Å². The highest BCUT2D eigenvalue weighted by molar-refractivity contribution is 7.89. The predicted molar refractivity (Wildman–Crippen MR) is 69.4 cm³/mol. The van der Waals surface area contributed by atoms with Crippen LogP contribution in [-0.4, -0.2) is 25.5 Å². The lowest BCUT2D eigenvalue weighted by molar-refractivity contribution is -0.138. The molecule has 4 N–H and O–H groups in total. The maximum atomic E-state index is 12.8. The molecule has 0 radical (unpaired) electrons. The first kappa shape index (κ1) is 17.2. The van der Waals surface area contributed by atoms with Gasteiger partial charge in [0.25, 0.3) is 0 Å². The second-order valence-corrected chi connectivity index (χ2v) is 5.98. The summed E-state index contributed by atoms with van der Waals surface area (Å²) in [5.74, 6) is -0.414. The highest BCUT2D eigenvalue weighted by Crippen LogP contribution is 2.34. The number of nitrogens with two attached hydrogens (primary N) is 1. The van der Waals surface area contributed by atoms with Crippen LogP contribution in [0.3, 0.4) is 0 Å². The summed E-state index contributed by atoms with van der Waals surface area (Å²) in [4.78, 5) is -0.519. The van der Waals surface area contributed by atoms with E-state index in [0.717, 1.165) is 25.1 Å². The summed E-state index contributed by atoms with van der Waals surface area (Å²) >= 11 is 0. The largest absolute Gasteiger partial charge is 0.416 e. The SMILES string of the molecule is Cc1c(C(F)(F)F)cccc1S(=O)(=O)NC(C)/C(N)=N/O. The highest BCUT2D eigenvalue weighted by Gasteiger charge is 2.34. The number of oxime groups is 1. The molecule has 0 spiro atoms. The van der Waals surface area contributed by atoms with Gasteiger partial charge in [-0.1, -0.05) is 11.2 Å². The van der Waals surface area contributed by atoms with Crippen LogP contribution in [0.4, 0.5) is 13.2 Å². The molecule has 0 saturated heterocycles. The Balaban J connectivity index is 3.28. The number of alkyl halides is 3. The van der Waals surface area contributed by atoms with Gasteiger partial charge in [0.2, 0.25) is 10.0 Å². The molecule has 1 atom stereocenters. The van der Waals surface area contributed by atoms with Gasteiger partial charge in [0.1, 0.15) is 0 Å². The minimum atomic E-state index is -4.66. The van der Waals surface area contributed by atoms with Crippen LogP contribution < -0.4 is 10.5 Å². The minimum absolute atomic E-state index is 0.414. The van der Waals surface area contributed by atoms with E-state index in [0.29, 0.717) is 0 Å². The third-order valence-electron chi connectivity index (χ3n) is 2.77. The molecule has 1 unspecified atom stereocenters. The normalized spacial score (nSPS) is 15.0. The molecule has 0 aliphatic carbocycles. The van der Waals surface area contributed by atoms with Gasteiger partial charge in [0.15, 0.2) is 5.84 Å². The van der Waals surface area contributed by atoms with E-state index < -0.39 is 44.1 Å². The summed E-state index contributed by atoms with van der Waals surface area (Å²) in [5, 5.41) is 11.1. The van der Waals surface area contributed by atoms with Gasteiger partial charge in [-0.05, 0) is 31.5 Å². The van der Waals surface area contributed by atoms with Gasteiger partial charge in [-0.2, -0.15) is 13.2 Å². The minimum Gasteiger partial charge on any atom is -0.409 e. The number of hydrogen-bond acceptors (Lipinski definition) is 4. The molecule has 0 amide bonds. The molecule has 0 fully saturated rings. The average molecular weight is 325 g/mol. The monoisotopic (exact) mass is 325 g/mol. The molecule has 0 aromatic heterocycles. The molecule has 6 nitrogen and oxygen atoms in total. The molecule has 0 saturated carbocycles. The topological polar surface area (TPSA) is 105 Å². The van der Waals surface area contributed by atoms with Crippen LogP contribution in [0.15, 0.2) is 28.3 Å². The Hall–Kier alpha value is -1.81. The number of hydrogen-bond donors (Lipinski definition) is 3. The van der Waals surface area contributed by atoms with Gasteiger partial charge in [-0.3, -0.25) is 0 Å². The van der Waals surface area contributed by atoms with Crippen molar-refractivity contribution in [2.24, 2.45) is 10.9 Å². The first-order valence-electron chi connectivity index (χ1n) is 5.67. The van der Waals surface area contributed by atoms with E-state index >= 15 is 0 Å². The predicted octanol–water partition coefficient (Wildman–Crippen LogP) is 1.43. The summed E-state index contributed by atoms with van der Waals surface area (Å²) in [6.45, 7) is 2.35. The van der Waals surface area contributed by atoms with Crippen molar-refractivity contribution in [2.45, 2.75) is 31.0 Å². The molecular weight excluding hydrogens is 311 g/mol. The Bertz CT molecular complexity index is 656. The zero-order valence-electron chi connectivity index (χ0n) is 11.1. The Morgan fingerprint density at radius 2 is 2.00 bits per heavy atom. The third-order valence-corrected chi connectivity index (χ3v) is 4.46. The molecule has 1 aromatic carbocycles. The van der Waals surface area contributed by atoms with Gasteiger partial charge in [0.05, 0.1) is 16.5 Å². The third kappa shape index (κ3) is 3.85. The summed E-state index contributed by atoms with van der Waals surface area (Å²) < 4.78 is 64.5. The van der Waals surface area contributed by atoms with Crippen molar-refractivity contribution in [3.63, 3.8) is 0 Å². The molecule has 0 aliphatic heterocycles. The molecule has 21 heavy (non-hydrogen) atoms. The second kappa shape index (κ2) is 5.90. The summed E-state index contributed by atoms with van der Waals surface area (Å²) in [6, 6.07) is 1.76. The number of rotatable bonds is 4. The number of nitrogens with zero attached hydrogens (tertiary/aromatic N) is 1. The second-order valence-electron chi connectivity index (χ2n) is 4.29. The molecule has 1 aromatic rings. The van der Waals surface area contributed by atoms with Crippen LogP contribution in [0.1, 0.15) is 18.1 Å². The number of nitrogens with one attached hydrogen (secondary N) is 1.